The van der Waals surface area contributed by atoms with Gasteiger partial charge in [0.2, 0.25) is 0 Å². The number of para-hydroxylation sites is 2. The molecule has 0 unspecified atom stereocenters. The highest BCUT2D eigenvalue weighted by molar-refractivity contribution is 6.09. The molecule has 2 aromatic carbocycles. The van der Waals surface area contributed by atoms with Gasteiger partial charge < -0.3 is 4.57 Å². The molecule has 0 bridgehead atoms. The van der Waals surface area contributed by atoms with Gasteiger partial charge in [0.25, 0.3) is 0 Å². The first-order valence-electron chi connectivity index (χ1n) is 10.8. The number of nitrogens with zero attached hydrogens (tertiary/aromatic N) is 1. The number of hydrogen-bond donors (Lipinski definition) is 0. The fraction of sp³-hybridized carbons (Fsp3) is 0.462. The van der Waals surface area contributed by atoms with Crippen LogP contribution in [0.15, 0.2) is 42.5 Å². The Bertz CT molecular complexity index is 920. The lowest BCUT2D eigenvalue weighted by Gasteiger charge is -2.08. The lowest BCUT2D eigenvalue weighted by Crippen LogP contribution is -1.99. The summed E-state index contributed by atoms with van der Waals surface area (Å²) in [5, 5.41) is 2.74. The van der Waals surface area contributed by atoms with Crippen LogP contribution in [-0.2, 0) is 13.0 Å². The molecule has 0 aliphatic heterocycles. The van der Waals surface area contributed by atoms with Crippen LogP contribution in [0.2, 0.25) is 0 Å². The molecule has 0 fully saturated rings. The molecule has 1 aromatic heterocycles. The number of fused-ring (bicyclic) bond motifs is 3. The van der Waals surface area contributed by atoms with Crippen LogP contribution >= 0.6 is 0 Å². The monoisotopic (exact) mass is 359 g/mol. The number of aryl methyl sites for hydroxylation is 2. The van der Waals surface area contributed by atoms with Crippen LogP contribution in [0.3, 0.4) is 0 Å². The minimum absolute atomic E-state index is 0.932. The van der Waals surface area contributed by atoms with Gasteiger partial charge in [0.05, 0.1) is 5.52 Å². The topological polar surface area (TPSA) is 4.93 Å². The zero-order valence-corrected chi connectivity index (χ0v) is 17.1. The largest absolute Gasteiger partial charge is 0.339 e. The predicted octanol–water partition coefficient (Wildman–Crippen LogP) is 7.50. The molecule has 0 amide bonds. The van der Waals surface area contributed by atoms with Gasteiger partial charge in [-0.3, -0.25) is 0 Å². The molecule has 142 valence electrons. The summed E-state index contributed by atoms with van der Waals surface area (Å²) in [5.41, 5.74) is 4.17. The average molecular weight is 360 g/mol. The van der Waals surface area contributed by atoms with E-state index in [1.165, 1.54) is 65.9 Å². The van der Waals surface area contributed by atoms with Crippen molar-refractivity contribution in [3.05, 3.63) is 48.0 Å². The van der Waals surface area contributed by atoms with Gasteiger partial charge in [0.15, 0.2) is 0 Å². The van der Waals surface area contributed by atoms with E-state index in [4.69, 9.17) is 0 Å². The lowest BCUT2D eigenvalue weighted by atomic mass is 10.1. The van der Waals surface area contributed by atoms with Crippen LogP contribution in [0.5, 0.6) is 0 Å². The Morgan fingerprint density at radius 2 is 1.48 bits per heavy atom. The number of aromatic nitrogens is 1. The van der Waals surface area contributed by atoms with Gasteiger partial charge in [-0.05, 0) is 24.5 Å². The van der Waals surface area contributed by atoms with Crippen molar-refractivity contribution < 1.29 is 0 Å². The van der Waals surface area contributed by atoms with Gasteiger partial charge in [0.1, 0.15) is 0 Å². The minimum Gasteiger partial charge on any atom is -0.339 e. The maximum atomic E-state index is 3.42. The van der Waals surface area contributed by atoms with E-state index in [0.29, 0.717) is 0 Å². The van der Waals surface area contributed by atoms with Crippen LogP contribution in [0, 0.1) is 11.8 Å². The molecule has 3 aromatic rings. The summed E-state index contributed by atoms with van der Waals surface area (Å²) >= 11 is 0. The van der Waals surface area contributed by atoms with Crippen LogP contribution < -0.4 is 0 Å². The van der Waals surface area contributed by atoms with Crippen molar-refractivity contribution in [2.75, 3.05) is 0 Å². The average Bonchev–Trinajstić information content (AvgIpc) is 3.03. The van der Waals surface area contributed by atoms with E-state index in [0.717, 1.165) is 25.8 Å². The summed E-state index contributed by atoms with van der Waals surface area (Å²) in [4.78, 5) is 0. The molecule has 0 N–H and O–H groups in total. The van der Waals surface area contributed by atoms with Crippen molar-refractivity contribution in [3.8, 4) is 11.8 Å². The fourth-order valence-electron chi connectivity index (χ4n) is 4.04. The molecule has 0 saturated carbocycles. The van der Waals surface area contributed by atoms with Crippen molar-refractivity contribution in [2.24, 2.45) is 0 Å². The SMILES string of the molecule is CCCCCCCCC#CCCn1c2ccccc2c2cccc(CC)c21. The molecule has 0 atom stereocenters. The van der Waals surface area contributed by atoms with E-state index in [1.54, 1.807) is 0 Å². The van der Waals surface area contributed by atoms with Crippen LogP contribution in [0.4, 0.5) is 0 Å². The van der Waals surface area contributed by atoms with Gasteiger partial charge in [-0.25, -0.2) is 0 Å². The van der Waals surface area contributed by atoms with Crippen molar-refractivity contribution in [3.63, 3.8) is 0 Å². The first-order valence-corrected chi connectivity index (χ1v) is 10.8. The first kappa shape index (κ1) is 19.6. The molecule has 0 saturated heterocycles. The van der Waals surface area contributed by atoms with E-state index in [2.05, 4.69) is 72.7 Å². The second-order valence-corrected chi connectivity index (χ2v) is 7.46. The summed E-state index contributed by atoms with van der Waals surface area (Å²) in [7, 11) is 0. The molecule has 1 heterocycles. The molecule has 1 heteroatoms. The maximum absolute atomic E-state index is 3.42. The quantitative estimate of drug-likeness (QED) is 0.275. The van der Waals surface area contributed by atoms with E-state index in [-0.39, 0.29) is 0 Å². The highest BCUT2D eigenvalue weighted by Crippen LogP contribution is 2.31. The Morgan fingerprint density at radius 3 is 2.33 bits per heavy atom. The van der Waals surface area contributed by atoms with Crippen LogP contribution in [0.25, 0.3) is 21.8 Å². The van der Waals surface area contributed by atoms with Crippen LogP contribution in [-0.4, -0.2) is 4.57 Å². The molecule has 0 aliphatic rings. The summed E-state index contributed by atoms with van der Waals surface area (Å²) in [6, 6.07) is 15.5. The third-order valence-electron chi connectivity index (χ3n) is 5.50. The Morgan fingerprint density at radius 1 is 0.741 bits per heavy atom. The smallest absolute Gasteiger partial charge is 0.0524 e. The standard InChI is InChI=1S/C26H33N/c1-3-5-6-7-8-9-10-11-12-15-21-27-25-20-14-13-18-23(25)24-19-16-17-22(4-2)26(24)27/h13-14,16-20H,3-10,15,21H2,1-2H3. The second-order valence-electron chi connectivity index (χ2n) is 7.46. The maximum Gasteiger partial charge on any atom is 0.0524 e. The third-order valence-corrected chi connectivity index (χ3v) is 5.50. The second kappa shape index (κ2) is 10.2. The number of hydrogen-bond acceptors (Lipinski definition) is 0. The predicted molar refractivity (Wildman–Crippen MR) is 119 cm³/mol. The van der Waals surface area contributed by atoms with Crippen LogP contribution in [0.1, 0.15) is 70.8 Å². The molecule has 0 spiro atoms. The van der Waals surface area contributed by atoms with Crippen molar-refractivity contribution in [1.82, 2.24) is 4.57 Å². The number of benzene rings is 2. The summed E-state index contributed by atoms with van der Waals surface area (Å²) < 4.78 is 2.49. The fourth-order valence-corrected chi connectivity index (χ4v) is 4.04. The third kappa shape index (κ3) is 4.75. The van der Waals surface area contributed by atoms with E-state index >= 15 is 0 Å². The van der Waals surface area contributed by atoms with Gasteiger partial charge >= 0.3 is 0 Å². The van der Waals surface area contributed by atoms with Gasteiger partial charge in [-0.2, -0.15) is 0 Å². The molecular weight excluding hydrogens is 326 g/mol. The van der Waals surface area contributed by atoms with Gasteiger partial charge in [0, 0.05) is 35.7 Å². The zero-order chi connectivity index (χ0) is 18.9. The van der Waals surface area contributed by atoms with Crippen molar-refractivity contribution >= 4 is 21.8 Å². The molecule has 3 rings (SSSR count). The van der Waals surface area contributed by atoms with E-state index < -0.39 is 0 Å². The molecule has 1 nitrogen and oxygen atoms in total. The molecule has 0 radical (unpaired) electrons. The molecule has 0 aliphatic carbocycles. The Labute approximate surface area is 164 Å². The van der Waals surface area contributed by atoms with Crippen molar-refractivity contribution in [2.45, 2.75) is 78.2 Å². The Kier molecular flexibility index (Phi) is 7.40. The van der Waals surface area contributed by atoms with Crippen molar-refractivity contribution in [1.29, 1.82) is 0 Å². The van der Waals surface area contributed by atoms with Gasteiger partial charge in [-0.1, -0.05) is 82.3 Å². The summed E-state index contributed by atoms with van der Waals surface area (Å²) in [6.07, 6.45) is 11.1. The highest BCUT2D eigenvalue weighted by Gasteiger charge is 2.12. The van der Waals surface area contributed by atoms with E-state index in [1.807, 2.05) is 0 Å². The number of unbranched alkanes of at least 4 members (excludes halogenated alkanes) is 6. The lowest BCUT2D eigenvalue weighted by molar-refractivity contribution is 0.613. The number of rotatable bonds is 9. The Hall–Kier alpha value is -2.20. The normalized spacial score (nSPS) is 11.0. The summed E-state index contributed by atoms with van der Waals surface area (Å²) in [5.74, 6) is 6.82. The molecule has 27 heavy (non-hydrogen) atoms. The van der Waals surface area contributed by atoms with E-state index in [9.17, 15) is 0 Å². The van der Waals surface area contributed by atoms with Gasteiger partial charge in [-0.15, -0.1) is 11.8 Å². The Balaban J connectivity index is 1.66. The minimum atomic E-state index is 0.932. The molecular formula is C26H33N. The summed E-state index contributed by atoms with van der Waals surface area (Å²) in [6.45, 7) is 5.49. The first-order chi connectivity index (χ1) is 13.4. The highest BCUT2D eigenvalue weighted by atomic mass is 15.0. The zero-order valence-electron chi connectivity index (χ0n) is 17.1.